The number of carbonyl (C=O) groups is 1. The quantitative estimate of drug-likeness (QED) is 0.460. The van der Waals surface area contributed by atoms with Crippen LogP contribution >= 0.6 is 0 Å². The number of aromatic carboxylic acids is 1. The molecule has 2 rings (SSSR count). The molecule has 0 aliphatic carbocycles. The van der Waals surface area contributed by atoms with Gasteiger partial charge >= 0.3 is 35.5 Å². The molecule has 0 aromatic heterocycles. The number of non-ortho nitro benzene ring substituents is 2. The van der Waals surface area contributed by atoms with E-state index in [4.69, 9.17) is 5.11 Å². The molecule has 118 valence electrons. The Morgan fingerprint density at radius 1 is 0.913 bits per heavy atom. The molecule has 0 aliphatic rings. The van der Waals surface area contributed by atoms with Crippen LogP contribution in [0.1, 0.15) is 11.8 Å². The maximum absolute atomic E-state index is 10.2. The van der Waals surface area contributed by atoms with Gasteiger partial charge in [0.05, 0.1) is 21.5 Å². The van der Waals surface area contributed by atoms with Crippen LogP contribution in [0.2, 0.25) is 0 Å². The summed E-state index contributed by atoms with van der Waals surface area (Å²) in [4.78, 5) is 29.2. The normalized spacial score (nSPS) is 8.35. The van der Waals surface area contributed by atoms with Crippen LogP contribution in [0.3, 0.4) is 0 Å². The Kier molecular flexibility index (Phi) is 11.2. The fourth-order valence-electron chi connectivity index (χ4n) is 1.30. The number of nitrogens with zero attached hydrogens (tertiary/aromatic N) is 2. The molecule has 0 aliphatic heterocycles. The van der Waals surface area contributed by atoms with Gasteiger partial charge in [0.15, 0.2) is 0 Å². The molecule has 23 heavy (non-hydrogen) atoms. The molecular weight excluding hydrogens is 317 g/mol. The van der Waals surface area contributed by atoms with E-state index in [0.29, 0.717) is 5.56 Å². The fourth-order valence-corrected chi connectivity index (χ4v) is 1.30. The summed E-state index contributed by atoms with van der Waals surface area (Å²) in [5.41, 5.74) is -0.217. The summed E-state index contributed by atoms with van der Waals surface area (Å²) in [7, 11) is 0. The Hall–Kier alpha value is -2.33. The number of nitro benzene ring substituents is 2. The molecule has 0 amide bonds. The molecule has 2 aromatic carbocycles. The van der Waals surface area contributed by atoms with E-state index in [2.05, 4.69) is 0 Å². The van der Waals surface area contributed by atoms with Gasteiger partial charge in [-0.15, -0.1) is 0 Å². The minimum atomic E-state index is -0.879. The summed E-state index contributed by atoms with van der Waals surface area (Å²) in [6.07, 6.45) is 0. The number of carboxylic acid groups (broad SMARTS) is 1. The van der Waals surface area contributed by atoms with E-state index in [9.17, 15) is 25.0 Å². The van der Waals surface area contributed by atoms with Gasteiger partial charge in [-0.2, -0.15) is 0 Å². The van der Waals surface area contributed by atoms with Crippen LogP contribution in [-0.4, -0.2) is 20.9 Å². The van der Waals surface area contributed by atoms with Gasteiger partial charge in [-0.25, -0.2) is 4.79 Å². The zero-order valence-electron chi connectivity index (χ0n) is 13.3. The Labute approximate surface area is 154 Å². The molecule has 9 nitrogen and oxygen atoms in total. The van der Waals surface area contributed by atoms with Crippen LogP contribution < -0.4 is 35.7 Å². The molecule has 4 N–H and O–H groups in total. The Balaban J connectivity index is -0.000000336. The summed E-state index contributed by atoms with van der Waals surface area (Å²) in [5, 5.41) is 28.7. The molecule has 10 heteroatoms. The van der Waals surface area contributed by atoms with Crippen molar-refractivity contribution in [3.63, 3.8) is 0 Å². The molecule has 2 aromatic rings. The average Bonchev–Trinajstić information content (AvgIpc) is 2.49. The second kappa shape index (κ2) is 11.3. The van der Waals surface area contributed by atoms with Crippen molar-refractivity contribution in [3.05, 3.63) is 80.4 Å². The predicted molar refractivity (Wildman–Crippen MR) is 79.3 cm³/mol. The third-order valence-corrected chi connectivity index (χ3v) is 2.27. The van der Waals surface area contributed by atoms with Crippen molar-refractivity contribution in [2.45, 2.75) is 0 Å². The largest absolute Gasteiger partial charge is 1.00 e. The number of rotatable bonds is 3. The van der Waals surface area contributed by atoms with E-state index >= 15 is 0 Å². The molecule has 0 saturated heterocycles. The van der Waals surface area contributed by atoms with Gasteiger partial charge in [0, 0.05) is 12.1 Å². The van der Waals surface area contributed by atoms with E-state index in [0.717, 1.165) is 6.07 Å². The van der Waals surface area contributed by atoms with Gasteiger partial charge in [-0.05, 0) is 18.2 Å². The standard InChI is InChI=1S/C7H6O2.C6H4N2O4.H3N.Na.H/c8-7(9)6-4-2-1-3-5-6;9-7(10)5-2-1-3-6(4-5)8(11)12;;;/h1-5H,(H,8,9);1-4H;1H3;;/q;;;+1;-1. The van der Waals surface area contributed by atoms with Crippen LogP contribution in [0.15, 0.2) is 54.6 Å². The van der Waals surface area contributed by atoms with Crippen molar-refractivity contribution < 1.29 is 50.7 Å². The number of benzene rings is 2. The smallest absolute Gasteiger partial charge is 1.00 e. The van der Waals surface area contributed by atoms with Gasteiger partial charge < -0.3 is 12.7 Å². The van der Waals surface area contributed by atoms with Gasteiger partial charge in [0.1, 0.15) is 0 Å². The molecule has 0 bridgehead atoms. The molecule has 0 spiro atoms. The minimum Gasteiger partial charge on any atom is -1.00 e. The van der Waals surface area contributed by atoms with Gasteiger partial charge in [0.2, 0.25) is 0 Å². The average molecular weight is 331 g/mol. The van der Waals surface area contributed by atoms with Crippen molar-refractivity contribution in [1.29, 1.82) is 0 Å². The first kappa shape index (κ1) is 22.9. The first-order chi connectivity index (χ1) is 9.91. The summed E-state index contributed by atoms with van der Waals surface area (Å²) in [6, 6.07) is 12.9. The maximum Gasteiger partial charge on any atom is 1.00 e. The molecule has 0 unspecified atom stereocenters. The molecule has 0 heterocycles. The maximum atomic E-state index is 10.2. The Morgan fingerprint density at radius 3 is 1.65 bits per heavy atom. The first-order valence-corrected chi connectivity index (χ1v) is 5.59. The van der Waals surface area contributed by atoms with Crippen molar-refractivity contribution >= 4 is 17.3 Å². The van der Waals surface area contributed by atoms with E-state index in [1.54, 1.807) is 30.3 Å². The summed E-state index contributed by atoms with van der Waals surface area (Å²) in [5.74, 6) is -0.879. The van der Waals surface area contributed by atoms with Crippen molar-refractivity contribution in [2.24, 2.45) is 0 Å². The molecular formula is C13H14N3NaO6. The summed E-state index contributed by atoms with van der Waals surface area (Å²) >= 11 is 0. The minimum absolute atomic E-state index is 0. The van der Waals surface area contributed by atoms with Crippen molar-refractivity contribution in [1.82, 2.24) is 6.15 Å². The number of hydrogen-bond donors (Lipinski definition) is 2. The SMILES string of the molecule is N.O=C(O)c1ccccc1.O=[N+]([O-])c1cccc([N+](=O)[O-])c1.[H-].[Na+]. The van der Waals surface area contributed by atoms with Gasteiger partial charge in [-0.3, -0.25) is 20.2 Å². The Bertz CT molecular complexity index is 643. The zero-order valence-corrected chi connectivity index (χ0v) is 14.3. The van der Waals surface area contributed by atoms with Gasteiger partial charge in [-0.1, -0.05) is 18.2 Å². The molecule has 0 radical (unpaired) electrons. The number of hydrogen-bond acceptors (Lipinski definition) is 6. The van der Waals surface area contributed by atoms with Crippen LogP contribution in [0.25, 0.3) is 0 Å². The monoisotopic (exact) mass is 331 g/mol. The molecule has 0 atom stereocenters. The zero-order chi connectivity index (χ0) is 15.8. The number of carboxylic acids is 1. The van der Waals surface area contributed by atoms with Crippen LogP contribution in [0.5, 0.6) is 0 Å². The van der Waals surface area contributed by atoms with E-state index in [1.807, 2.05) is 0 Å². The third-order valence-electron chi connectivity index (χ3n) is 2.27. The van der Waals surface area contributed by atoms with E-state index in [-0.39, 0.29) is 48.5 Å². The van der Waals surface area contributed by atoms with E-state index in [1.165, 1.54) is 18.2 Å². The molecule has 0 saturated carbocycles. The van der Waals surface area contributed by atoms with Crippen LogP contribution in [0.4, 0.5) is 11.4 Å². The number of nitro groups is 2. The summed E-state index contributed by atoms with van der Waals surface area (Å²) in [6.45, 7) is 0. The van der Waals surface area contributed by atoms with Gasteiger partial charge in [0.25, 0.3) is 11.4 Å². The summed E-state index contributed by atoms with van der Waals surface area (Å²) < 4.78 is 0. The third kappa shape index (κ3) is 8.02. The molecule has 0 fully saturated rings. The van der Waals surface area contributed by atoms with Crippen LogP contribution in [0, 0.1) is 20.2 Å². The second-order valence-electron chi connectivity index (χ2n) is 3.71. The second-order valence-corrected chi connectivity index (χ2v) is 3.71. The topological polar surface area (TPSA) is 159 Å². The predicted octanol–water partition coefficient (Wildman–Crippen LogP) is 0.166. The van der Waals surface area contributed by atoms with Crippen molar-refractivity contribution in [3.8, 4) is 0 Å². The first-order valence-electron chi connectivity index (χ1n) is 5.59. The van der Waals surface area contributed by atoms with Crippen LogP contribution in [-0.2, 0) is 0 Å². The van der Waals surface area contributed by atoms with E-state index < -0.39 is 15.8 Å². The fraction of sp³-hybridized carbons (Fsp3) is 0. The van der Waals surface area contributed by atoms with Crippen molar-refractivity contribution in [2.75, 3.05) is 0 Å². The Morgan fingerprint density at radius 2 is 1.35 bits per heavy atom.